The summed E-state index contributed by atoms with van der Waals surface area (Å²) in [4.78, 5) is 23.9. The highest BCUT2D eigenvalue weighted by Crippen LogP contribution is 2.20. The fourth-order valence-electron chi connectivity index (χ4n) is 1.94. The summed E-state index contributed by atoms with van der Waals surface area (Å²) in [5.41, 5.74) is -0.0895. The summed E-state index contributed by atoms with van der Waals surface area (Å²) in [7, 11) is -3.60. The van der Waals surface area contributed by atoms with Crippen LogP contribution in [0.25, 0.3) is 0 Å². The molecule has 0 aromatic heterocycles. The Morgan fingerprint density at radius 3 is 2.50 bits per heavy atom. The number of carbonyl (C=O) groups is 2. The molecule has 2 aromatic carbocycles. The fraction of sp³-hybridized carbons (Fsp3) is 0.125. The molecule has 1 amide bonds. The smallest absolute Gasteiger partial charge is 0.340 e. The number of ether oxygens (including phenoxy) is 1. The van der Waals surface area contributed by atoms with Crippen LogP contribution >= 0.6 is 15.9 Å². The molecule has 0 atom stereocenters. The molecule has 26 heavy (non-hydrogen) atoms. The number of esters is 1. The number of amides is 1. The van der Waals surface area contributed by atoms with E-state index in [1.165, 1.54) is 42.5 Å². The van der Waals surface area contributed by atoms with Gasteiger partial charge in [-0.25, -0.2) is 17.6 Å². The van der Waals surface area contributed by atoms with Gasteiger partial charge in [0.1, 0.15) is 5.82 Å². The van der Waals surface area contributed by atoms with Gasteiger partial charge < -0.3 is 10.1 Å². The van der Waals surface area contributed by atoms with E-state index in [1.54, 1.807) is 0 Å². The first-order chi connectivity index (χ1) is 12.2. The van der Waals surface area contributed by atoms with Gasteiger partial charge in [-0.3, -0.25) is 9.52 Å². The summed E-state index contributed by atoms with van der Waals surface area (Å²) < 4.78 is 43.9. The second kappa shape index (κ2) is 8.28. The van der Waals surface area contributed by atoms with Gasteiger partial charge in [0.15, 0.2) is 6.61 Å². The van der Waals surface area contributed by atoms with Crippen molar-refractivity contribution in [1.29, 1.82) is 0 Å². The first-order valence-electron chi connectivity index (χ1n) is 7.14. The Labute approximate surface area is 157 Å². The molecule has 2 rings (SSSR count). The largest absolute Gasteiger partial charge is 0.452 e. The van der Waals surface area contributed by atoms with Crippen molar-refractivity contribution in [2.45, 2.75) is 0 Å². The van der Waals surface area contributed by atoms with Crippen LogP contribution in [0.15, 0.2) is 46.9 Å². The van der Waals surface area contributed by atoms with Gasteiger partial charge in [-0.2, -0.15) is 0 Å². The number of carbonyl (C=O) groups excluding carboxylic acids is 2. The number of sulfonamides is 1. The summed E-state index contributed by atoms with van der Waals surface area (Å²) in [5.74, 6) is -2.29. The molecule has 0 saturated heterocycles. The molecule has 138 valence electrons. The van der Waals surface area contributed by atoms with Crippen molar-refractivity contribution < 1.29 is 27.1 Å². The van der Waals surface area contributed by atoms with Crippen molar-refractivity contribution in [3.05, 3.63) is 58.3 Å². The zero-order valence-electron chi connectivity index (χ0n) is 13.5. The molecule has 2 aromatic rings. The third kappa shape index (κ3) is 5.81. The van der Waals surface area contributed by atoms with Gasteiger partial charge in [0, 0.05) is 4.47 Å². The van der Waals surface area contributed by atoms with E-state index < -0.39 is 34.3 Å². The number of hydrogen-bond donors (Lipinski definition) is 2. The molecule has 0 aliphatic carbocycles. The molecule has 0 aliphatic heterocycles. The third-order valence-corrected chi connectivity index (χ3v) is 4.07. The van der Waals surface area contributed by atoms with Gasteiger partial charge in [-0.15, -0.1) is 0 Å². The highest BCUT2D eigenvalue weighted by atomic mass is 79.9. The van der Waals surface area contributed by atoms with E-state index in [9.17, 15) is 22.4 Å². The van der Waals surface area contributed by atoms with Crippen molar-refractivity contribution >= 4 is 49.2 Å². The van der Waals surface area contributed by atoms with Crippen molar-refractivity contribution in [3.8, 4) is 0 Å². The SMILES string of the molecule is CS(=O)(=O)Nc1ccccc1C(=O)OCC(=O)Nc1ccc(Br)cc1F. The topological polar surface area (TPSA) is 102 Å². The second-order valence-electron chi connectivity index (χ2n) is 5.17. The lowest BCUT2D eigenvalue weighted by Gasteiger charge is -2.11. The molecule has 0 radical (unpaired) electrons. The van der Waals surface area contributed by atoms with Gasteiger partial charge in [0.05, 0.1) is 23.2 Å². The maximum Gasteiger partial charge on any atom is 0.340 e. The van der Waals surface area contributed by atoms with Crippen LogP contribution in [0.5, 0.6) is 0 Å². The molecule has 2 N–H and O–H groups in total. The Hall–Kier alpha value is -2.46. The molecule has 0 bridgehead atoms. The summed E-state index contributed by atoms with van der Waals surface area (Å²) in [6.07, 6.45) is 0.940. The predicted octanol–water partition coefficient (Wildman–Crippen LogP) is 2.76. The van der Waals surface area contributed by atoms with Gasteiger partial charge >= 0.3 is 5.97 Å². The van der Waals surface area contributed by atoms with E-state index in [2.05, 4.69) is 26.0 Å². The monoisotopic (exact) mass is 444 g/mol. The Kier molecular flexibility index (Phi) is 6.32. The molecule has 0 aliphatic rings. The Balaban J connectivity index is 2.01. The average molecular weight is 445 g/mol. The standard InChI is InChI=1S/C16H14BrFN2O5S/c1-26(23,24)20-13-5-3-2-4-11(13)16(22)25-9-15(21)19-14-7-6-10(17)8-12(14)18/h2-8,20H,9H2,1H3,(H,19,21). The highest BCUT2D eigenvalue weighted by Gasteiger charge is 2.17. The van der Waals surface area contributed by atoms with Crippen LogP contribution in [-0.4, -0.2) is 33.2 Å². The zero-order chi connectivity index (χ0) is 19.3. The van der Waals surface area contributed by atoms with E-state index in [0.717, 1.165) is 6.26 Å². The predicted molar refractivity (Wildman–Crippen MR) is 97.9 cm³/mol. The lowest BCUT2D eigenvalue weighted by molar-refractivity contribution is -0.119. The first kappa shape index (κ1) is 19.9. The number of hydrogen-bond acceptors (Lipinski definition) is 5. The summed E-state index contributed by atoms with van der Waals surface area (Å²) in [6, 6.07) is 9.85. The van der Waals surface area contributed by atoms with E-state index in [0.29, 0.717) is 4.47 Å². The molecular formula is C16H14BrFN2O5S. The van der Waals surface area contributed by atoms with E-state index in [1.807, 2.05) is 0 Å². The normalized spacial score (nSPS) is 10.9. The minimum atomic E-state index is -3.60. The maximum atomic E-state index is 13.7. The van der Waals surface area contributed by atoms with Crippen LogP contribution in [0.2, 0.25) is 0 Å². The molecule has 0 unspecified atom stereocenters. The number of anilines is 2. The minimum Gasteiger partial charge on any atom is -0.452 e. The van der Waals surface area contributed by atoms with E-state index >= 15 is 0 Å². The molecule has 0 fully saturated rings. The highest BCUT2D eigenvalue weighted by molar-refractivity contribution is 9.10. The molecule has 10 heteroatoms. The van der Waals surface area contributed by atoms with Crippen LogP contribution in [0.4, 0.5) is 15.8 Å². The van der Waals surface area contributed by atoms with Gasteiger partial charge in [-0.1, -0.05) is 28.1 Å². The van der Waals surface area contributed by atoms with Crippen molar-refractivity contribution in [1.82, 2.24) is 0 Å². The number of halogens is 2. The molecular weight excluding hydrogens is 431 g/mol. The quantitative estimate of drug-likeness (QED) is 0.666. The molecule has 7 nitrogen and oxygen atoms in total. The Morgan fingerprint density at radius 1 is 1.15 bits per heavy atom. The van der Waals surface area contributed by atoms with Crippen LogP contribution in [0, 0.1) is 5.82 Å². The molecule has 0 heterocycles. The molecule has 0 spiro atoms. The number of para-hydroxylation sites is 1. The van der Waals surface area contributed by atoms with Crippen molar-refractivity contribution in [3.63, 3.8) is 0 Å². The van der Waals surface area contributed by atoms with Gasteiger partial charge in [0.2, 0.25) is 10.0 Å². The average Bonchev–Trinajstić information content (AvgIpc) is 2.54. The van der Waals surface area contributed by atoms with Crippen LogP contribution < -0.4 is 10.0 Å². The molecule has 0 saturated carbocycles. The first-order valence-corrected chi connectivity index (χ1v) is 9.83. The van der Waals surface area contributed by atoms with Gasteiger partial charge in [0.25, 0.3) is 5.91 Å². The number of nitrogens with one attached hydrogen (secondary N) is 2. The second-order valence-corrected chi connectivity index (χ2v) is 7.83. The van der Waals surface area contributed by atoms with Crippen LogP contribution in [0.3, 0.4) is 0 Å². The van der Waals surface area contributed by atoms with Crippen LogP contribution in [0.1, 0.15) is 10.4 Å². The lowest BCUT2D eigenvalue weighted by Crippen LogP contribution is -2.22. The lowest BCUT2D eigenvalue weighted by atomic mass is 10.2. The van der Waals surface area contributed by atoms with Crippen LogP contribution in [-0.2, 0) is 19.6 Å². The summed E-state index contributed by atoms with van der Waals surface area (Å²) in [5, 5.41) is 2.27. The van der Waals surface area contributed by atoms with E-state index in [4.69, 9.17) is 4.74 Å². The fourth-order valence-corrected chi connectivity index (χ4v) is 2.85. The van der Waals surface area contributed by atoms with E-state index in [-0.39, 0.29) is 16.9 Å². The third-order valence-electron chi connectivity index (χ3n) is 2.98. The van der Waals surface area contributed by atoms with Gasteiger partial charge in [-0.05, 0) is 30.3 Å². The van der Waals surface area contributed by atoms with Crippen molar-refractivity contribution in [2.75, 3.05) is 22.9 Å². The maximum absolute atomic E-state index is 13.7. The summed E-state index contributed by atoms with van der Waals surface area (Å²) >= 11 is 3.09. The van der Waals surface area contributed by atoms with Crippen molar-refractivity contribution in [2.24, 2.45) is 0 Å². The number of benzene rings is 2. The number of rotatable bonds is 6. The summed E-state index contributed by atoms with van der Waals surface area (Å²) in [6.45, 7) is -0.665. The minimum absolute atomic E-state index is 0.0272. The zero-order valence-corrected chi connectivity index (χ0v) is 15.9. The Bertz CT molecular complexity index is 949. The Morgan fingerprint density at radius 2 is 1.85 bits per heavy atom.